The van der Waals surface area contributed by atoms with Crippen molar-refractivity contribution < 1.29 is 0 Å². The van der Waals surface area contributed by atoms with Crippen LogP contribution in [0.25, 0.3) is 0 Å². The number of aromatic nitrogens is 4. The second-order valence-electron chi connectivity index (χ2n) is 5.00. The Bertz CT molecular complexity index is 815. The molecule has 0 saturated carbocycles. The van der Waals surface area contributed by atoms with Gasteiger partial charge in [-0.2, -0.15) is 5.10 Å². The molecule has 8 heteroatoms. The number of anilines is 1. The van der Waals surface area contributed by atoms with Gasteiger partial charge in [-0.1, -0.05) is 42.1 Å². The molecule has 0 bridgehead atoms. The van der Waals surface area contributed by atoms with E-state index in [1.807, 2.05) is 37.3 Å². The van der Waals surface area contributed by atoms with Gasteiger partial charge in [-0.05, 0) is 24.6 Å². The van der Waals surface area contributed by atoms with E-state index in [-0.39, 0.29) is 0 Å². The highest BCUT2D eigenvalue weighted by Crippen LogP contribution is 2.21. The van der Waals surface area contributed by atoms with Crippen LogP contribution < -0.4 is 11.3 Å². The van der Waals surface area contributed by atoms with E-state index in [0.29, 0.717) is 11.1 Å². The van der Waals surface area contributed by atoms with Gasteiger partial charge in [0, 0.05) is 23.7 Å². The van der Waals surface area contributed by atoms with E-state index in [0.717, 1.165) is 17.0 Å². The summed E-state index contributed by atoms with van der Waals surface area (Å²) >= 11 is 1.52. The topological polar surface area (TPSA) is 94.0 Å². The van der Waals surface area contributed by atoms with Crippen molar-refractivity contribution in [2.45, 2.75) is 17.8 Å². The summed E-state index contributed by atoms with van der Waals surface area (Å²) < 4.78 is 1.40. The standard InChI is InChI=1S/C16H17N7S/c1-12(14-7-9-18-10-8-14)19-20-15-21-22-16(23(15)17)24-11-13-5-3-2-4-6-13/h2-10H,11,17H2,1H3,(H,20,21)/b19-12+. The number of nitrogen functional groups attached to an aromatic ring is 1. The maximum atomic E-state index is 6.02. The molecule has 0 aliphatic carbocycles. The smallest absolute Gasteiger partial charge is 0.264 e. The van der Waals surface area contributed by atoms with E-state index in [4.69, 9.17) is 5.84 Å². The van der Waals surface area contributed by atoms with Gasteiger partial charge in [0.2, 0.25) is 5.16 Å². The van der Waals surface area contributed by atoms with Crippen LogP contribution in [-0.4, -0.2) is 25.6 Å². The average molecular weight is 339 g/mol. The Hall–Kier alpha value is -2.87. The maximum absolute atomic E-state index is 6.02. The number of nitrogens with zero attached hydrogens (tertiary/aromatic N) is 5. The SMILES string of the molecule is C/C(=N\Nc1nnc(SCc2ccccc2)n1N)c1ccncc1. The van der Waals surface area contributed by atoms with Crippen molar-refractivity contribution in [1.82, 2.24) is 19.9 Å². The molecule has 0 aliphatic heterocycles. The van der Waals surface area contributed by atoms with E-state index in [9.17, 15) is 0 Å². The fourth-order valence-corrected chi connectivity index (χ4v) is 2.78. The Labute approximate surface area is 144 Å². The van der Waals surface area contributed by atoms with Gasteiger partial charge < -0.3 is 5.84 Å². The summed E-state index contributed by atoms with van der Waals surface area (Å²) in [5.41, 5.74) is 5.82. The normalized spacial score (nSPS) is 11.5. The number of benzene rings is 1. The lowest BCUT2D eigenvalue weighted by molar-refractivity contribution is 0.846. The summed E-state index contributed by atoms with van der Waals surface area (Å²) in [7, 11) is 0. The highest BCUT2D eigenvalue weighted by atomic mass is 32.2. The second kappa shape index (κ2) is 7.60. The maximum Gasteiger partial charge on any atom is 0.264 e. The van der Waals surface area contributed by atoms with Gasteiger partial charge >= 0.3 is 0 Å². The van der Waals surface area contributed by atoms with Crippen LogP contribution in [0.3, 0.4) is 0 Å². The predicted octanol–water partition coefficient (Wildman–Crippen LogP) is 2.52. The molecular formula is C16H17N7S. The van der Waals surface area contributed by atoms with Crippen molar-refractivity contribution in [3.8, 4) is 0 Å². The summed E-state index contributed by atoms with van der Waals surface area (Å²) in [5, 5.41) is 13.0. The molecule has 2 heterocycles. The number of hydrazone groups is 1. The van der Waals surface area contributed by atoms with Gasteiger partial charge in [0.15, 0.2) is 0 Å². The lowest BCUT2D eigenvalue weighted by atomic mass is 10.2. The summed E-state index contributed by atoms with van der Waals surface area (Å²) in [6.07, 6.45) is 3.44. The van der Waals surface area contributed by atoms with Crippen LogP contribution in [0.2, 0.25) is 0 Å². The third-order valence-electron chi connectivity index (χ3n) is 3.30. The number of rotatable bonds is 6. The summed E-state index contributed by atoms with van der Waals surface area (Å²) in [6, 6.07) is 13.9. The second-order valence-corrected chi connectivity index (χ2v) is 5.94. The molecule has 0 fully saturated rings. The number of thioether (sulfide) groups is 1. The molecule has 3 rings (SSSR count). The third kappa shape index (κ3) is 3.90. The number of pyridine rings is 1. The van der Waals surface area contributed by atoms with E-state index in [2.05, 4.69) is 37.8 Å². The molecule has 3 N–H and O–H groups in total. The van der Waals surface area contributed by atoms with Crippen LogP contribution in [0.1, 0.15) is 18.1 Å². The largest absolute Gasteiger partial charge is 0.334 e. The van der Waals surface area contributed by atoms with Crippen molar-refractivity contribution in [1.29, 1.82) is 0 Å². The molecule has 0 radical (unpaired) electrons. The van der Waals surface area contributed by atoms with Gasteiger partial charge in [-0.15, -0.1) is 10.2 Å². The zero-order valence-electron chi connectivity index (χ0n) is 13.1. The lowest BCUT2D eigenvalue weighted by Gasteiger charge is -2.04. The van der Waals surface area contributed by atoms with Gasteiger partial charge in [0.1, 0.15) is 0 Å². The highest BCUT2D eigenvalue weighted by Gasteiger charge is 2.10. The Morgan fingerprint density at radius 2 is 1.92 bits per heavy atom. The monoisotopic (exact) mass is 339 g/mol. The van der Waals surface area contributed by atoms with Gasteiger partial charge in [-0.25, -0.2) is 10.1 Å². The first-order valence-electron chi connectivity index (χ1n) is 7.32. The minimum Gasteiger partial charge on any atom is -0.334 e. The Morgan fingerprint density at radius 1 is 1.17 bits per heavy atom. The van der Waals surface area contributed by atoms with Crippen molar-refractivity contribution in [2.75, 3.05) is 11.3 Å². The van der Waals surface area contributed by atoms with E-state index < -0.39 is 0 Å². The minimum absolute atomic E-state index is 0.388. The van der Waals surface area contributed by atoms with Gasteiger partial charge in [0.25, 0.3) is 5.95 Å². The minimum atomic E-state index is 0.388. The molecule has 7 nitrogen and oxygen atoms in total. The highest BCUT2D eigenvalue weighted by molar-refractivity contribution is 7.98. The molecule has 0 saturated heterocycles. The fraction of sp³-hybridized carbons (Fsp3) is 0.125. The van der Waals surface area contributed by atoms with Crippen LogP contribution in [0.5, 0.6) is 0 Å². The van der Waals surface area contributed by atoms with Gasteiger partial charge in [-0.3, -0.25) is 4.98 Å². The summed E-state index contributed by atoms with van der Waals surface area (Å²) in [5.74, 6) is 7.18. The molecular weight excluding hydrogens is 322 g/mol. The molecule has 2 aromatic heterocycles. The molecule has 0 atom stereocenters. The first-order valence-corrected chi connectivity index (χ1v) is 8.30. The Morgan fingerprint density at radius 3 is 2.67 bits per heavy atom. The lowest BCUT2D eigenvalue weighted by Crippen LogP contribution is -2.13. The zero-order chi connectivity index (χ0) is 16.8. The first kappa shape index (κ1) is 16.0. The van der Waals surface area contributed by atoms with Crippen LogP contribution in [0.15, 0.2) is 65.1 Å². The van der Waals surface area contributed by atoms with Crippen LogP contribution in [0.4, 0.5) is 5.95 Å². The third-order valence-corrected chi connectivity index (χ3v) is 4.31. The summed E-state index contributed by atoms with van der Waals surface area (Å²) in [6.45, 7) is 1.89. The summed E-state index contributed by atoms with van der Waals surface area (Å²) in [4.78, 5) is 3.98. The molecule has 3 aromatic rings. The van der Waals surface area contributed by atoms with Crippen molar-refractivity contribution in [2.24, 2.45) is 5.10 Å². The molecule has 0 unspecified atom stereocenters. The van der Waals surface area contributed by atoms with Crippen LogP contribution in [-0.2, 0) is 5.75 Å². The average Bonchev–Trinajstić information content (AvgIpc) is 2.99. The molecule has 0 aliphatic rings. The number of hydrogen-bond acceptors (Lipinski definition) is 7. The quantitative estimate of drug-likeness (QED) is 0.310. The number of hydrogen-bond donors (Lipinski definition) is 2. The van der Waals surface area contributed by atoms with Crippen molar-refractivity contribution in [3.05, 3.63) is 66.0 Å². The van der Waals surface area contributed by atoms with Crippen LogP contribution >= 0.6 is 11.8 Å². The fourth-order valence-electron chi connectivity index (χ4n) is 1.97. The molecule has 0 amide bonds. The molecule has 24 heavy (non-hydrogen) atoms. The Kier molecular flexibility index (Phi) is 5.07. The predicted molar refractivity (Wildman–Crippen MR) is 96.2 cm³/mol. The molecule has 122 valence electrons. The zero-order valence-corrected chi connectivity index (χ0v) is 13.9. The van der Waals surface area contributed by atoms with E-state index in [1.54, 1.807) is 12.4 Å². The first-order chi connectivity index (χ1) is 11.7. The van der Waals surface area contributed by atoms with E-state index >= 15 is 0 Å². The number of nitrogens with two attached hydrogens (primary N) is 1. The Balaban J connectivity index is 1.64. The van der Waals surface area contributed by atoms with Crippen molar-refractivity contribution in [3.63, 3.8) is 0 Å². The molecule has 0 spiro atoms. The van der Waals surface area contributed by atoms with E-state index in [1.165, 1.54) is 22.0 Å². The van der Waals surface area contributed by atoms with Crippen LogP contribution in [0, 0.1) is 0 Å². The number of nitrogens with one attached hydrogen (secondary N) is 1. The van der Waals surface area contributed by atoms with Crippen molar-refractivity contribution >= 4 is 23.4 Å². The van der Waals surface area contributed by atoms with Gasteiger partial charge in [0.05, 0.1) is 5.71 Å². The molecule has 1 aromatic carbocycles.